The summed E-state index contributed by atoms with van der Waals surface area (Å²) in [5.74, 6) is -1.36. The fourth-order valence-corrected chi connectivity index (χ4v) is 2.41. The first-order chi connectivity index (χ1) is 6.93. The molecule has 0 amide bonds. The van der Waals surface area contributed by atoms with Crippen molar-refractivity contribution in [1.29, 1.82) is 0 Å². The van der Waals surface area contributed by atoms with Gasteiger partial charge in [-0.05, 0) is 12.8 Å². The number of aliphatic hydroxyl groups is 1. The van der Waals surface area contributed by atoms with Crippen molar-refractivity contribution in [1.82, 2.24) is 4.72 Å². The van der Waals surface area contributed by atoms with Crippen LogP contribution in [0.2, 0.25) is 0 Å². The van der Waals surface area contributed by atoms with Crippen LogP contribution in [0.5, 0.6) is 0 Å². The molecule has 90 valence electrons. The molecule has 3 N–H and O–H groups in total. The Morgan fingerprint density at radius 3 is 2.47 bits per heavy atom. The number of carboxylic acids is 1. The van der Waals surface area contributed by atoms with Crippen LogP contribution < -0.4 is 4.72 Å². The first-order valence-electron chi connectivity index (χ1n) is 4.76. The summed E-state index contributed by atoms with van der Waals surface area (Å²) in [6.07, 6.45) is 1.08. The molecule has 0 bridgehead atoms. The zero-order valence-corrected chi connectivity index (χ0v) is 9.46. The van der Waals surface area contributed by atoms with E-state index in [1.807, 2.05) is 11.6 Å². The molecule has 0 aliphatic heterocycles. The Bertz CT molecular complexity index is 287. The third kappa shape index (κ3) is 6.43. The molecule has 0 saturated carbocycles. The van der Waals surface area contributed by atoms with E-state index in [4.69, 9.17) is 10.2 Å². The predicted molar refractivity (Wildman–Crippen MR) is 55.0 cm³/mol. The summed E-state index contributed by atoms with van der Waals surface area (Å²) >= 11 is 0. The van der Waals surface area contributed by atoms with Gasteiger partial charge in [-0.15, -0.1) is 0 Å². The van der Waals surface area contributed by atoms with Crippen LogP contribution in [-0.2, 0) is 14.8 Å². The second-order valence-corrected chi connectivity index (χ2v) is 5.07. The van der Waals surface area contributed by atoms with Gasteiger partial charge in [0.1, 0.15) is 6.04 Å². The standard InChI is InChI=1S/C8H17NO5S/c1-2-3-6-15(13,14)9-7(4-5-10)8(11)12/h7,9-10H,2-6H2,1H3,(H,11,12)/t7-/m1/s1. The van der Waals surface area contributed by atoms with Crippen LogP contribution in [0.4, 0.5) is 0 Å². The van der Waals surface area contributed by atoms with E-state index in [1.54, 1.807) is 0 Å². The molecule has 0 unspecified atom stereocenters. The van der Waals surface area contributed by atoms with E-state index in [2.05, 4.69) is 0 Å². The van der Waals surface area contributed by atoms with Gasteiger partial charge in [0.2, 0.25) is 10.0 Å². The van der Waals surface area contributed by atoms with E-state index in [-0.39, 0.29) is 18.8 Å². The Morgan fingerprint density at radius 2 is 2.07 bits per heavy atom. The monoisotopic (exact) mass is 239 g/mol. The van der Waals surface area contributed by atoms with Crippen LogP contribution in [0, 0.1) is 0 Å². The maximum Gasteiger partial charge on any atom is 0.321 e. The van der Waals surface area contributed by atoms with Gasteiger partial charge in [-0.25, -0.2) is 13.1 Å². The normalized spacial score (nSPS) is 13.7. The Balaban J connectivity index is 4.32. The van der Waals surface area contributed by atoms with Gasteiger partial charge in [-0.3, -0.25) is 4.79 Å². The average Bonchev–Trinajstić information content (AvgIpc) is 2.14. The number of sulfonamides is 1. The summed E-state index contributed by atoms with van der Waals surface area (Å²) in [4.78, 5) is 10.6. The molecule has 6 nitrogen and oxygen atoms in total. The first kappa shape index (κ1) is 14.3. The van der Waals surface area contributed by atoms with Crippen molar-refractivity contribution in [2.45, 2.75) is 32.2 Å². The van der Waals surface area contributed by atoms with Gasteiger partial charge in [-0.2, -0.15) is 0 Å². The van der Waals surface area contributed by atoms with Crippen molar-refractivity contribution in [3.05, 3.63) is 0 Å². The van der Waals surface area contributed by atoms with Crippen molar-refractivity contribution in [3.8, 4) is 0 Å². The van der Waals surface area contributed by atoms with Crippen LogP contribution in [0.25, 0.3) is 0 Å². The fraction of sp³-hybridized carbons (Fsp3) is 0.875. The molecule has 0 fully saturated rings. The zero-order chi connectivity index (χ0) is 11.9. The summed E-state index contributed by atoms with van der Waals surface area (Å²) in [7, 11) is -3.55. The van der Waals surface area contributed by atoms with Gasteiger partial charge >= 0.3 is 5.97 Å². The van der Waals surface area contributed by atoms with Gasteiger partial charge in [0, 0.05) is 6.61 Å². The van der Waals surface area contributed by atoms with E-state index in [9.17, 15) is 13.2 Å². The van der Waals surface area contributed by atoms with Crippen LogP contribution >= 0.6 is 0 Å². The van der Waals surface area contributed by atoms with E-state index in [0.717, 1.165) is 6.42 Å². The molecule has 0 heterocycles. The van der Waals surface area contributed by atoms with Gasteiger partial charge in [0.05, 0.1) is 5.75 Å². The predicted octanol–water partition coefficient (Wildman–Crippen LogP) is -0.458. The molecule has 7 heteroatoms. The topological polar surface area (TPSA) is 104 Å². The van der Waals surface area contributed by atoms with Crippen molar-refractivity contribution < 1.29 is 23.4 Å². The molecule has 1 atom stereocenters. The minimum Gasteiger partial charge on any atom is -0.480 e. The van der Waals surface area contributed by atoms with E-state index < -0.39 is 22.0 Å². The second-order valence-electron chi connectivity index (χ2n) is 3.19. The molecule has 0 saturated heterocycles. The summed E-state index contributed by atoms with van der Waals surface area (Å²) in [6, 6.07) is -1.24. The highest BCUT2D eigenvalue weighted by Crippen LogP contribution is 1.99. The summed E-state index contributed by atoms with van der Waals surface area (Å²) in [6.45, 7) is 1.48. The van der Waals surface area contributed by atoms with Crippen LogP contribution in [-0.4, -0.2) is 43.0 Å². The van der Waals surface area contributed by atoms with Crippen molar-refractivity contribution in [2.75, 3.05) is 12.4 Å². The molecule has 0 spiro atoms. The maximum atomic E-state index is 11.3. The highest BCUT2D eigenvalue weighted by molar-refractivity contribution is 7.89. The van der Waals surface area contributed by atoms with Crippen molar-refractivity contribution in [2.24, 2.45) is 0 Å². The zero-order valence-electron chi connectivity index (χ0n) is 8.64. The van der Waals surface area contributed by atoms with Crippen molar-refractivity contribution >= 4 is 16.0 Å². The number of hydrogen-bond donors (Lipinski definition) is 3. The Kier molecular flexibility index (Phi) is 6.46. The van der Waals surface area contributed by atoms with Gasteiger partial charge in [-0.1, -0.05) is 13.3 Å². The fourth-order valence-electron chi connectivity index (χ4n) is 0.972. The lowest BCUT2D eigenvalue weighted by Crippen LogP contribution is -2.42. The Morgan fingerprint density at radius 1 is 1.47 bits per heavy atom. The summed E-state index contributed by atoms with van der Waals surface area (Å²) < 4.78 is 24.7. The van der Waals surface area contributed by atoms with Gasteiger partial charge in [0.25, 0.3) is 0 Å². The number of unbranched alkanes of at least 4 members (excludes halogenated alkanes) is 1. The number of aliphatic hydroxyl groups excluding tert-OH is 1. The molecule has 15 heavy (non-hydrogen) atoms. The quantitative estimate of drug-likeness (QED) is 0.532. The smallest absolute Gasteiger partial charge is 0.321 e. The highest BCUT2D eigenvalue weighted by atomic mass is 32.2. The number of hydrogen-bond acceptors (Lipinski definition) is 4. The second kappa shape index (κ2) is 6.76. The highest BCUT2D eigenvalue weighted by Gasteiger charge is 2.22. The minimum atomic E-state index is -3.55. The third-order valence-electron chi connectivity index (χ3n) is 1.80. The molecule has 0 aromatic rings. The van der Waals surface area contributed by atoms with E-state index in [1.165, 1.54) is 0 Å². The molecule has 0 aromatic carbocycles. The van der Waals surface area contributed by atoms with E-state index in [0.29, 0.717) is 6.42 Å². The molecule has 0 aliphatic rings. The van der Waals surface area contributed by atoms with Gasteiger partial charge in [0.15, 0.2) is 0 Å². The lowest BCUT2D eigenvalue weighted by molar-refractivity contribution is -0.139. The number of rotatable bonds is 8. The number of carbonyl (C=O) groups is 1. The molecular formula is C8H17NO5S. The third-order valence-corrected chi connectivity index (χ3v) is 3.27. The van der Waals surface area contributed by atoms with E-state index >= 15 is 0 Å². The maximum absolute atomic E-state index is 11.3. The summed E-state index contributed by atoms with van der Waals surface area (Å²) in [5, 5.41) is 17.2. The summed E-state index contributed by atoms with van der Waals surface area (Å²) in [5.41, 5.74) is 0. The van der Waals surface area contributed by atoms with Gasteiger partial charge < -0.3 is 10.2 Å². The van der Waals surface area contributed by atoms with Crippen LogP contribution in [0.1, 0.15) is 26.2 Å². The van der Waals surface area contributed by atoms with Crippen molar-refractivity contribution in [3.63, 3.8) is 0 Å². The van der Waals surface area contributed by atoms with Crippen LogP contribution in [0.3, 0.4) is 0 Å². The van der Waals surface area contributed by atoms with Crippen LogP contribution in [0.15, 0.2) is 0 Å². The largest absolute Gasteiger partial charge is 0.480 e. The number of carboxylic acid groups (broad SMARTS) is 1. The molecule has 0 rings (SSSR count). The number of nitrogens with one attached hydrogen (secondary N) is 1. The molecule has 0 aliphatic carbocycles. The molecular weight excluding hydrogens is 222 g/mol. The minimum absolute atomic E-state index is 0.0846. The Labute approximate surface area is 89.4 Å². The lowest BCUT2D eigenvalue weighted by Gasteiger charge is -2.13. The Hall–Kier alpha value is -0.660. The lowest BCUT2D eigenvalue weighted by atomic mass is 10.2. The average molecular weight is 239 g/mol. The molecule has 0 radical (unpaired) electrons. The molecule has 0 aromatic heterocycles. The first-order valence-corrected chi connectivity index (χ1v) is 6.42. The number of aliphatic carboxylic acids is 1. The SMILES string of the molecule is CCCCS(=O)(=O)N[C@H](CCO)C(=O)O.